The highest BCUT2D eigenvalue weighted by Gasteiger charge is 2.32. The highest BCUT2D eigenvalue weighted by molar-refractivity contribution is 14.0. The first kappa shape index (κ1) is 20.9. The number of rotatable bonds is 5. The largest absolute Gasteiger partial charge is 0.469 e. The van der Waals surface area contributed by atoms with E-state index in [0.717, 1.165) is 63.8 Å². The van der Waals surface area contributed by atoms with E-state index in [2.05, 4.69) is 10.2 Å². The van der Waals surface area contributed by atoms with E-state index in [1.807, 2.05) is 12.1 Å². The molecule has 1 saturated carbocycles. The van der Waals surface area contributed by atoms with Crippen molar-refractivity contribution in [2.24, 2.45) is 4.99 Å². The van der Waals surface area contributed by atoms with Crippen LogP contribution < -0.4 is 5.32 Å². The molecule has 7 heteroatoms. The van der Waals surface area contributed by atoms with Crippen molar-refractivity contribution in [1.82, 2.24) is 10.2 Å². The molecule has 0 aromatic carbocycles. The molecular formula is C20H32IN3O3. The fourth-order valence-corrected chi connectivity index (χ4v) is 4.21. The van der Waals surface area contributed by atoms with Crippen LogP contribution in [0.3, 0.4) is 0 Å². The van der Waals surface area contributed by atoms with E-state index >= 15 is 0 Å². The summed E-state index contributed by atoms with van der Waals surface area (Å²) >= 11 is 0. The number of guanidine groups is 1. The molecule has 4 rings (SSSR count). The molecule has 0 amide bonds. The maximum absolute atomic E-state index is 6.01. The third kappa shape index (κ3) is 5.84. The molecule has 1 aliphatic carbocycles. The van der Waals surface area contributed by atoms with Crippen LogP contribution in [-0.2, 0) is 15.9 Å². The summed E-state index contributed by atoms with van der Waals surface area (Å²) in [6, 6.07) is 4.51. The van der Waals surface area contributed by atoms with E-state index in [1.165, 1.54) is 25.7 Å². The summed E-state index contributed by atoms with van der Waals surface area (Å²) in [6.07, 6.45) is 10.4. The molecule has 2 unspecified atom stereocenters. The van der Waals surface area contributed by atoms with Gasteiger partial charge in [0.25, 0.3) is 0 Å². The van der Waals surface area contributed by atoms with Crippen molar-refractivity contribution in [3.63, 3.8) is 0 Å². The zero-order chi connectivity index (χ0) is 17.6. The van der Waals surface area contributed by atoms with Crippen molar-refractivity contribution < 1.29 is 13.9 Å². The van der Waals surface area contributed by atoms with Gasteiger partial charge in [0.15, 0.2) is 5.96 Å². The van der Waals surface area contributed by atoms with Crippen molar-refractivity contribution >= 4 is 29.9 Å². The summed E-state index contributed by atoms with van der Waals surface area (Å²) in [5.41, 5.74) is 0. The molecule has 27 heavy (non-hydrogen) atoms. The summed E-state index contributed by atoms with van der Waals surface area (Å²) in [7, 11) is 0. The Morgan fingerprint density at radius 1 is 1.11 bits per heavy atom. The number of nitrogens with zero attached hydrogens (tertiary/aromatic N) is 2. The lowest BCUT2D eigenvalue weighted by Gasteiger charge is -2.38. The van der Waals surface area contributed by atoms with Crippen molar-refractivity contribution in [2.45, 2.75) is 63.2 Å². The van der Waals surface area contributed by atoms with E-state index in [4.69, 9.17) is 18.9 Å². The van der Waals surface area contributed by atoms with E-state index in [1.54, 1.807) is 6.26 Å². The van der Waals surface area contributed by atoms with Crippen LogP contribution in [0.25, 0.3) is 0 Å². The van der Waals surface area contributed by atoms with Gasteiger partial charge in [-0.15, -0.1) is 24.0 Å². The number of halogens is 1. The molecule has 3 aliphatic rings. The molecule has 3 heterocycles. The van der Waals surface area contributed by atoms with Crippen LogP contribution in [0.2, 0.25) is 0 Å². The summed E-state index contributed by atoms with van der Waals surface area (Å²) < 4.78 is 17.3. The van der Waals surface area contributed by atoms with Crippen LogP contribution >= 0.6 is 24.0 Å². The fourth-order valence-electron chi connectivity index (χ4n) is 4.21. The molecule has 152 valence electrons. The lowest BCUT2D eigenvalue weighted by atomic mass is 10.1. The molecular weight excluding hydrogens is 457 g/mol. The molecule has 1 N–H and O–H groups in total. The van der Waals surface area contributed by atoms with Gasteiger partial charge in [0.1, 0.15) is 11.9 Å². The minimum atomic E-state index is 0. The van der Waals surface area contributed by atoms with E-state index in [0.29, 0.717) is 6.04 Å². The summed E-state index contributed by atoms with van der Waals surface area (Å²) in [4.78, 5) is 7.29. The van der Waals surface area contributed by atoms with Gasteiger partial charge < -0.3 is 24.1 Å². The molecule has 1 aromatic heterocycles. The van der Waals surface area contributed by atoms with Gasteiger partial charge in [0, 0.05) is 38.7 Å². The van der Waals surface area contributed by atoms with E-state index < -0.39 is 0 Å². The molecule has 2 atom stereocenters. The third-order valence-electron chi connectivity index (χ3n) is 5.66. The zero-order valence-corrected chi connectivity index (χ0v) is 18.3. The standard InChI is InChI=1S/C20H31N3O3.HI/c1-2-6-16(5-1)22-20(21-10-9-17-7-3-12-24-17)23-11-14-26-19(15-23)18-8-4-13-25-18;/h3,7,12,16,18-19H,1-2,4-6,8-11,13-15H2,(H,21,22);1H. The molecule has 2 aliphatic heterocycles. The van der Waals surface area contributed by atoms with Gasteiger partial charge >= 0.3 is 0 Å². The lowest BCUT2D eigenvalue weighted by molar-refractivity contribution is -0.0818. The number of morpholine rings is 1. The number of nitrogens with one attached hydrogen (secondary N) is 1. The molecule has 6 nitrogen and oxygen atoms in total. The van der Waals surface area contributed by atoms with Crippen molar-refractivity contribution in [1.29, 1.82) is 0 Å². The minimum absolute atomic E-state index is 0. The summed E-state index contributed by atoms with van der Waals surface area (Å²) in [5.74, 6) is 2.03. The van der Waals surface area contributed by atoms with Crippen molar-refractivity contribution in [3.8, 4) is 0 Å². The fraction of sp³-hybridized carbons (Fsp3) is 0.750. The monoisotopic (exact) mass is 489 g/mol. The van der Waals surface area contributed by atoms with Crippen LogP contribution in [0.4, 0.5) is 0 Å². The first-order valence-electron chi connectivity index (χ1n) is 10.2. The predicted molar refractivity (Wildman–Crippen MR) is 116 cm³/mol. The quantitative estimate of drug-likeness (QED) is 0.391. The third-order valence-corrected chi connectivity index (χ3v) is 5.66. The van der Waals surface area contributed by atoms with Gasteiger partial charge in [0.2, 0.25) is 0 Å². The van der Waals surface area contributed by atoms with Crippen LogP contribution in [0.15, 0.2) is 27.8 Å². The second kappa shape index (κ2) is 10.7. The molecule has 3 fully saturated rings. The van der Waals surface area contributed by atoms with E-state index in [-0.39, 0.29) is 36.2 Å². The van der Waals surface area contributed by atoms with Crippen molar-refractivity contribution in [2.75, 3.05) is 32.8 Å². The second-order valence-corrected chi connectivity index (χ2v) is 7.57. The van der Waals surface area contributed by atoms with Crippen LogP contribution in [0, 0.1) is 0 Å². The Morgan fingerprint density at radius 3 is 2.70 bits per heavy atom. The number of hydrogen-bond acceptors (Lipinski definition) is 4. The summed E-state index contributed by atoms with van der Waals surface area (Å²) in [5, 5.41) is 3.73. The van der Waals surface area contributed by atoms with Gasteiger partial charge in [-0.05, 0) is 37.8 Å². The SMILES string of the molecule is I.c1coc(CCN=C(NC2CCCC2)N2CCOC(C3CCCO3)C2)c1. The van der Waals surface area contributed by atoms with Gasteiger partial charge in [-0.3, -0.25) is 4.99 Å². The second-order valence-electron chi connectivity index (χ2n) is 7.57. The Bertz CT molecular complexity index is 569. The average molecular weight is 489 g/mol. The first-order valence-corrected chi connectivity index (χ1v) is 10.2. The Morgan fingerprint density at radius 2 is 1.96 bits per heavy atom. The Balaban J connectivity index is 0.00000210. The summed E-state index contributed by atoms with van der Waals surface area (Å²) in [6.45, 7) is 4.11. The van der Waals surface area contributed by atoms with Crippen molar-refractivity contribution in [3.05, 3.63) is 24.2 Å². The first-order chi connectivity index (χ1) is 12.9. The highest BCUT2D eigenvalue weighted by Crippen LogP contribution is 2.22. The van der Waals surface area contributed by atoms with Gasteiger partial charge in [-0.1, -0.05) is 12.8 Å². The van der Waals surface area contributed by atoms with Gasteiger partial charge in [0.05, 0.1) is 19.0 Å². The van der Waals surface area contributed by atoms with Gasteiger partial charge in [-0.2, -0.15) is 0 Å². The normalized spacial score (nSPS) is 27.0. The number of hydrogen-bond donors (Lipinski definition) is 1. The smallest absolute Gasteiger partial charge is 0.194 e. The number of ether oxygens (including phenoxy) is 2. The Hall–Kier alpha value is -0.800. The Kier molecular flexibility index (Phi) is 8.26. The minimum Gasteiger partial charge on any atom is -0.469 e. The number of aliphatic imine (C=N–C) groups is 1. The highest BCUT2D eigenvalue weighted by atomic mass is 127. The molecule has 0 bridgehead atoms. The number of furan rings is 1. The zero-order valence-electron chi connectivity index (χ0n) is 16.0. The average Bonchev–Trinajstić information content (AvgIpc) is 3.43. The lowest BCUT2D eigenvalue weighted by Crippen LogP contribution is -2.54. The molecule has 0 spiro atoms. The maximum atomic E-state index is 6.01. The molecule has 0 radical (unpaired) electrons. The Labute approximate surface area is 179 Å². The van der Waals surface area contributed by atoms with Crippen LogP contribution in [0.1, 0.15) is 44.3 Å². The molecule has 2 saturated heterocycles. The predicted octanol–water partition coefficient (Wildman–Crippen LogP) is 3.21. The van der Waals surface area contributed by atoms with Gasteiger partial charge in [-0.25, -0.2) is 0 Å². The van der Waals surface area contributed by atoms with E-state index in [9.17, 15) is 0 Å². The maximum Gasteiger partial charge on any atom is 0.194 e. The topological polar surface area (TPSA) is 59.2 Å². The molecule has 1 aromatic rings. The van der Waals surface area contributed by atoms with Crippen LogP contribution in [0.5, 0.6) is 0 Å². The van der Waals surface area contributed by atoms with Crippen LogP contribution in [-0.4, -0.2) is 62.0 Å².